The minimum atomic E-state index is -4.94. The van der Waals surface area contributed by atoms with Crippen LogP contribution in [0.3, 0.4) is 0 Å². The quantitative estimate of drug-likeness (QED) is 0.214. The lowest BCUT2D eigenvalue weighted by Crippen LogP contribution is -2.68. The van der Waals surface area contributed by atoms with Crippen molar-refractivity contribution in [1.82, 2.24) is 0 Å². The van der Waals surface area contributed by atoms with Crippen LogP contribution in [0.1, 0.15) is 0 Å². The van der Waals surface area contributed by atoms with Gasteiger partial charge >= 0.3 is 5.69 Å². The molecule has 0 radical (unpaired) electrons. The summed E-state index contributed by atoms with van der Waals surface area (Å²) in [6, 6.07) is 14.7. The lowest BCUT2D eigenvalue weighted by atomic mass is 10.1. The summed E-state index contributed by atoms with van der Waals surface area (Å²) < 4.78 is 35.8. The van der Waals surface area contributed by atoms with Crippen molar-refractivity contribution < 1.29 is 38.2 Å². The highest BCUT2D eigenvalue weighted by atomic mass is 35.7. The topological polar surface area (TPSA) is 139 Å². The van der Waals surface area contributed by atoms with Crippen LogP contribution >= 0.6 is 0 Å². The minimum absolute atomic E-state index is 0.129. The van der Waals surface area contributed by atoms with Gasteiger partial charge in [-0.3, -0.25) is 10.1 Å². The van der Waals surface area contributed by atoms with E-state index < -0.39 is 10.2 Å². The summed E-state index contributed by atoms with van der Waals surface area (Å²) in [5.74, 6) is 0. The smallest absolute Gasteiger partial charge is 0.258 e. The zero-order chi connectivity index (χ0) is 16.3. The van der Waals surface area contributed by atoms with Gasteiger partial charge in [0.2, 0.25) is 5.52 Å². The molecule has 0 saturated heterocycles. The predicted molar refractivity (Wildman–Crippen MR) is 63.8 cm³/mol. The van der Waals surface area contributed by atoms with Crippen LogP contribution in [0, 0.1) is 20.4 Å². The Bertz CT molecular complexity index is 827. The molecule has 0 fully saturated rings. The zero-order valence-electron chi connectivity index (χ0n) is 10.9. The highest BCUT2D eigenvalue weighted by Crippen LogP contribution is 2.22. The molecule has 0 amide bonds. The Kier molecular flexibility index (Phi) is 4.50. The van der Waals surface area contributed by atoms with E-state index in [1.54, 1.807) is 6.07 Å². The number of nitro benzene ring substituents is 1. The molecule has 1 aromatic carbocycles. The van der Waals surface area contributed by atoms with Gasteiger partial charge in [0, 0.05) is 24.3 Å². The number of pyridine rings is 2. The van der Waals surface area contributed by atoms with Crippen LogP contribution in [0.25, 0.3) is 16.4 Å². The van der Waals surface area contributed by atoms with Crippen molar-refractivity contribution in [2.75, 3.05) is 0 Å². The maximum Gasteiger partial charge on any atom is 0.341 e. The van der Waals surface area contributed by atoms with Crippen LogP contribution in [0.2, 0.25) is 0 Å². The zero-order valence-corrected chi connectivity index (χ0v) is 11.7. The SMILES string of the molecule is O=[N+]([O-])c1cccc2ccc3cccc[n+]3c12.[O-][Cl+3]([O-])([O-])[O-]. The highest BCUT2D eigenvalue weighted by molar-refractivity contribution is 5.85. The molecule has 0 N–H and O–H groups in total. The molecule has 0 saturated carbocycles. The van der Waals surface area contributed by atoms with Crippen molar-refractivity contribution in [3.05, 3.63) is 64.8 Å². The third kappa shape index (κ3) is 3.85. The fraction of sp³-hybridized carbons (Fsp3) is 0. The molecular formula is C13H9ClN2O6. The van der Waals surface area contributed by atoms with Crippen molar-refractivity contribution in [3.8, 4) is 0 Å². The molecule has 3 aromatic rings. The van der Waals surface area contributed by atoms with Gasteiger partial charge in [-0.1, -0.05) is 6.07 Å². The summed E-state index contributed by atoms with van der Waals surface area (Å²) in [7, 11) is -4.94. The van der Waals surface area contributed by atoms with Gasteiger partial charge in [-0.25, -0.2) is 18.6 Å². The standard InChI is InChI=1S/C13H9N2O2.ClHO4/c16-15(17)12-6-3-4-10-7-8-11-5-1-2-9-14(11)13(10)12;2-1(3,4)5/h1-9H;(H,2,3,4,5)/q+1;/p-1. The van der Waals surface area contributed by atoms with Gasteiger partial charge in [-0.2, -0.15) is 4.40 Å². The Morgan fingerprint density at radius 3 is 2.23 bits per heavy atom. The molecule has 0 aliphatic heterocycles. The average Bonchev–Trinajstić information content (AvgIpc) is 2.44. The molecule has 9 heteroatoms. The van der Waals surface area contributed by atoms with Gasteiger partial charge in [0.15, 0.2) is 6.20 Å². The molecule has 0 spiro atoms. The second-order valence-electron chi connectivity index (χ2n) is 4.18. The number of non-ortho nitro benzene ring substituents is 1. The van der Waals surface area contributed by atoms with Crippen molar-refractivity contribution in [1.29, 1.82) is 0 Å². The van der Waals surface area contributed by atoms with E-state index in [0.29, 0.717) is 5.52 Å². The first-order valence-electron chi connectivity index (χ1n) is 5.85. The lowest BCUT2D eigenvalue weighted by Gasteiger charge is -2.17. The fourth-order valence-electron chi connectivity index (χ4n) is 2.06. The molecule has 3 rings (SSSR count). The van der Waals surface area contributed by atoms with Gasteiger partial charge in [0.25, 0.3) is 5.52 Å². The Balaban J connectivity index is 0.000000309. The average molecular weight is 325 g/mol. The number of aromatic nitrogens is 1. The molecule has 0 bridgehead atoms. The molecule has 2 heterocycles. The van der Waals surface area contributed by atoms with Gasteiger partial charge in [-0.15, -0.1) is 10.2 Å². The molecular weight excluding hydrogens is 316 g/mol. The maximum atomic E-state index is 11.1. The van der Waals surface area contributed by atoms with Crippen LogP contribution in [0.4, 0.5) is 5.69 Å². The van der Waals surface area contributed by atoms with Crippen LogP contribution in [0.15, 0.2) is 54.7 Å². The number of fused-ring (bicyclic) bond motifs is 3. The molecule has 0 aliphatic carbocycles. The van der Waals surface area contributed by atoms with E-state index in [1.165, 1.54) is 6.07 Å². The summed E-state index contributed by atoms with van der Waals surface area (Å²) in [6.45, 7) is 0. The number of nitrogens with zero attached hydrogens (tertiary/aromatic N) is 2. The normalized spacial score (nSPS) is 11.1. The van der Waals surface area contributed by atoms with E-state index in [-0.39, 0.29) is 10.6 Å². The molecule has 2 aromatic heterocycles. The summed E-state index contributed by atoms with van der Waals surface area (Å²) in [6.07, 6.45) is 1.84. The third-order valence-corrected chi connectivity index (χ3v) is 2.81. The number of hydrogen-bond acceptors (Lipinski definition) is 6. The van der Waals surface area contributed by atoms with Crippen molar-refractivity contribution in [2.45, 2.75) is 0 Å². The van der Waals surface area contributed by atoms with Crippen LogP contribution in [-0.4, -0.2) is 4.92 Å². The third-order valence-electron chi connectivity index (χ3n) is 2.81. The number of rotatable bonds is 1. The first-order chi connectivity index (χ1) is 10.3. The van der Waals surface area contributed by atoms with E-state index in [9.17, 15) is 10.1 Å². The van der Waals surface area contributed by atoms with Gasteiger partial charge in [0.05, 0.1) is 10.3 Å². The van der Waals surface area contributed by atoms with E-state index in [0.717, 1.165) is 10.9 Å². The maximum absolute atomic E-state index is 11.1. The number of hydrogen-bond donors (Lipinski definition) is 0. The molecule has 114 valence electrons. The van der Waals surface area contributed by atoms with Crippen LogP contribution in [-0.2, 0) is 0 Å². The second-order valence-corrected chi connectivity index (χ2v) is 4.93. The minimum Gasteiger partial charge on any atom is -0.258 e. The van der Waals surface area contributed by atoms with E-state index in [2.05, 4.69) is 0 Å². The number of halogens is 1. The number of benzene rings is 1. The molecule has 0 aliphatic rings. The van der Waals surface area contributed by atoms with Gasteiger partial charge in [-0.05, 0) is 18.2 Å². The molecule has 0 atom stereocenters. The summed E-state index contributed by atoms with van der Waals surface area (Å²) in [4.78, 5) is 10.7. The van der Waals surface area contributed by atoms with Crippen molar-refractivity contribution in [3.63, 3.8) is 0 Å². The molecule has 0 unspecified atom stereocenters. The Morgan fingerprint density at radius 1 is 0.909 bits per heavy atom. The Labute approximate surface area is 126 Å². The Hall–Kier alpha value is -2.36. The first kappa shape index (κ1) is 16.0. The monoisotopic (exact) mass is 324 g/mol. The van der Waals surface area contributed by atoms with Crippen LogP contribution < -0.4 is 23.0 Å². The summed E-state index contributed by atoms with van der Waals surface area (Å²) in [5.41, 5.74) is 1.70. The predicted octanol–water partition coefficient (Wildman–Crippen LogP) is -2.27. The molecule has 22 heavy (non-hydrogen) atoms. The van der Waals surface area contributed by atoms with Gasteiger partial charge in [0.1, 0.15) is 0 Å². The van der Waals surface area contributed by atoms with E-state index in [4.69, 9.17) is 18.6 Å². The van der Waals surface area contributed by atoms with E-state index in [1.807, 2.05) is 47.0 Å². The Morgan fingerprint density at radius 2 is 1.59 bits per heavy atom. The second kappa shape index (κ2) is 6.18. The lowest BCUT2D eigenvalue weighted by molar-refractivity contribution is -2.00. The number of para-hydroxylation sites is 1. The van der Waals surface area contributed by atoms with Gasteiger partial charge < -0.3 is 0 Å². The fourth-order valence-corrected chi connectivity index (χ4v) is 2.06. The van der Waals surface area contributed by atoms with E-state index >= 15 is 0 Å². The summed E-state index contributed by atoms with van der Waals surface area (Å²) in [5, 5.41) is 11.9. The summed E-state index contributed by atoms with van der Waals surface area (Å²) >= 11 is 0. The first-order valence-corrected chi connectivity index (χ1v) is 7.09. The van der Waals surface area contributed by atoms with Crippen molar-refractivity contribution in [2.24, 2.45) is 0 Å². The number of nitro groups is 1. The van der Waals surface area contributed by atoms with Crippen molar-refractivity contribution >= 4 is 22.1 Å². The highest BCUT2D eigenvalue weighted by Gasteiger charge is 2.20. The molecule has 8 nitrogen and oxygen atoms in total. The largest absolute Gasteiger partial charge is 0.341 e. The van der Waals surface area contributed by atoms with Crippen LogP contribution in [0.5, 0.6) is 0 Å².